The number of ketones is 1. The maximum absolute atomic E-state index is 11.8. The zero-order valence-electron chi connectivity index (χ0n) is 11.4. The normalized spacial score (nSPS) is 14.5. The zero-order chi connectivity index (χ0) is 13.2. The second-order valence-corrected chi connectivity index (χ2v) is 5.32. The maximum Gasteiger partial charge on any atom is 0.164 e. The molecule has 1 aromatic carbocycles. The molecule has 1 heterocycles. The quantitative estimate of drug-likeness (QED) is 0.819. The Labute approximate surface area is 114 Å². The molecule has 0 atom stereocenters. The van der Waals surface area contributed by atoms with Gasteiger partial charge in [-0.1, -0.05) is 24.3 Å². The Morgan fingerprint density at radius 3 is 2.84 bits per heavy atom. The van der Waals surface area contributed by atoms with E-state index in [1.54, 1.807) is 0 Å². The third kappa shape index (κ3) is 2.35. The standard InChI is InChI=1S/C17H19NO/c1-13-5-2-3-6-14(13)9-11-18-12-10-15-16(18)7-4-8-17(15)19/h2-3,5-6,10,12H,4,7-9,11H2,1H3. The summed E-state index contributed by atoms with van der Waals surface area (Å²) >= 11 is 0. The maximum atomic E-state index is 11.8. The molecule has 0 saturated carbocycles. The predicted molar refractivity (Wildman–Crippen MR) is 76.6 cm³/mol. The average Bonchev–Trinajstić information content (AvgIpc) is 2.83. The number of hydrogen-bond donors (Lipinski definition) is 0. The Morgan fingerprint density at radius 1 is 1.16 bits per heavy atom. The minimum absolute atomic E-state index is 0.316. The topological polar surface area (TPSA) is 22.0 Å². The Bertz CT molecular complexity index is 609. The van der Waals surface area contributed by atoms with Crippen LogP contribution < -0.4 is 0 Å². The van der Waals surface area contributed by atoms with E-state index >= 15 is 0 Å². The largest absolute Gasteiger partial charge is 0.350 e. The SMILES string of the molecule is Cc1ccccc1CCn1ccc2c1CCCC2=O. The molecule has 1 aromatic heterocycles. The molecule has 0 unspecified atom stereocenters. The number of nitrogens with zero attached hydrogens (tertiary/aromatic N) is 1. The van der Waals surface area contributed by atoms with Gasteiger partial charge in [-0.15, -0.1) is 0 Å². The minimum Gasteiger partial charge on any atom is -0.350 e. The lowest BCUT2D eigenvalue weighted by Crippen LogP contribution is -2.14. The lowest BCUT2D eigenvalue weighted by atomic mass is 9.96. The molecule has 0 radical (unpaired) electrons. The molecule has 0 saturated heterocycles. The number of fused-ring (bicyclic) bond motifs is 1. The summed E-state index contributed by atoms with van der Waals surface area (Å²) in [5.74, 6) is 0.316. The van der Waals surface area contributed by atoms with Crippen molar-refractivity contribution < 1.29 is 4.79 Å². The molecule has 0 bridgehead atoms. The molecule has 0 fully saturated rings. The fourth-order valence-electron chi connectivity index (χ4n) is 2.93. The molecule has 1 aliphatic carbocycles. The molecule has 2 heteroatoms. The number of carbonyl (C=O) groups excluding carboxylic acids is 1. The Balaban J connectivity index is 1.78. The van der Waals surface area contributed by atoms with Gasteiger partial charge in [0.05, 0.1) is 0 Å². The molecule has 0 spiro atoms. The molecule has 2 nitrogen and oxygen atoms in total. The van der Waals surface area contributed by atoms with Crippen molar-refractivity contribution in [2.24, 2.45) is 0 Å². The first-order valence-electron chi connectivity index (χ1n) is 7.01. The number of rotatable bonds is 3. The van der Waals surface area contributed by atoms with E-state index in [0.29, 0.717) is 5.78 Å². The van der Waals surface area contributed by atoms with E-state index in [0.717, 1.165) is 37.8 Å². The third-order valence-corrected chi connectivity index (χ3v) is 4.08. The molecule has 2 aromatic rings. The molecule has 19 heavy (non-hydrogen) atoms. The number of hydrogen-bond acceptors (Lipinski definition) is 1. The Morgan fingerprint density at radius 2 is 2.00 bits per heavy atom. The summed E-state index contributed by atoms with van der Waals surface area (Å²) in [6, 6.07) is 10.5. The fraction of sp³-hybridized carbons (Fsp3) is 0.353. The van der Waals surface area contributed by atoms with E-state index in [2.05, 4.69) is 42.0 Å². The van der Waals surface area contributed by atoms with Crippen LogP contribution >= 0.6 is 0 Å². The van der Waals surface area contributed by atoms with Crippen LogP contribution in [-0.4, -0.2) is 10.4 Å². The lowest BCUT2D eigenvalue weighted by Gasteiger charge is -2.15. The molecule has 0 N–H and O–H groups in total. The Kier molecular flexibility index (Phi) is 3.24. The zero-order valence-corrected chi connectivity index (χ0v) is 11.4. The van der Waals surface area contributed by atoms with Gasteiger partial charge in [-0.2, -0.15) is 0 Å². The summed E-state index contributed by atoms with van der Waals surface area (Å²) in [6.45, 7) is 3.12. The van der Waals surface area contributed by atoms with Gasteiger partial charge in [0, 0.05) is 30.4 Å². The number of aryl methyl sites for hydroxylation is 3. The highest BCUT2D eigenvalue weighted by Gasteiger charge is 2.20. The average molecular weight is 253 g/mol. The van der Waals surface area contributed by atoms with Gasteiger partial charge in [0.25, 0.3) is 0 Å². The van der Waals surface area contributed by atoms with Crippen LogP contribution in [0.25, 0.3) is 0 Å². The molecule has 0 aliphatic heterocycles. The number of aromatic nitrogens is 1. The van der Waals surface area contributed by atoms with E-state index in [-0.39, 0.29) is 0 Å². The summed E-state index contributed by atoms with van der Waals surface area (Å²) in [6.07, 6.45) is 5.87. The van der Waals surface area contributed by atoms with Crippen LogP contribution in [0.15, 0.2) is 36.5 Å². The molecule has 98 valence electrons. The van der Waals surface area contributed by atoms with Crippen LogP contribution in [0.5, 0.6) is 0 Å². The van der Waals surface area contributed by atoms with Gasteiger partial charge in [-0.25, -0.2) is 0 Å². The van der Waals surface area contributed by atoms with Crippen molar-refractivity contribution in [1.82, 2.24) is 4.57 Å². The highest BCUT2D eigenvalue weighted by atomic mass is 16.1. The van der Waals surface area contributed by atoms with Gasteiger partial charge in [-0.3, -0.25) is 4.79 Å². The van der Waals surface area contributed by atoms with E-state index in [4.69, 9.17) is 0 Å². The van der Waals surface area contributed by atoms with Crippen LogP contribution in [0.1, 0.15) is 40.0 Å². The second-order valence-electron chi connectivity index (χ2n) is 5.32. The summed E-state index contributed by atoms with van der Waals surface area (Å²) in [7, 11) is 0. The van der Waals surface area contributed by atoms with Gasteiger partial charge < -0.3 is 4.57 Å². The van der Waals surface area contributed by atoms with Gasteiger partial charge in [0.2, 0.25) is 0 Å². The van der Waals surface area contributed by atoms with Crippen LogP contribution in [0, 0.1) is 6.92 Å². The predicted octanol–water partition coefficient (Wildman–Crippen LogP) is 3.56. The van der Waals surface area contributed by atoms with Crippen molar-refractivity contribution in [2.45, 2.75) is 39.2 Å². The first kappa shape index (κ1) is 12.2. The number of Topliss-reactive ketones (excluding diaryl/α,β-unsaturated/α-hetero) is 1. The minimum atomic E-state index is 0.316. The summed E-state index contributed by atoms with van der Waals surface area (Å²) in [5.41, 5.74) is 4.94. The highest BCUT2D eigenvalue weighted by molar-refractivity contribution is 5.98. The molecule has 0 amide bonds. The molecule has 1 aliphatic rings. The van der Waals surface area contributed by atoms with E-state index in [9.17, 15) is 4.79 Å². The van der Waals surface area contributed by atoms with Gasteiger partial charge in [0.15, 0.2) is 5.78 Å². The monoisotopic (exact) mass is 253 g/mol. The van der Waals surface area contributed by atoms with Crippen LogP contribution in [0.3, 0.4) is 0 Å². The summed E-state index contributed by atoms with van der Waals surface area (Å²) in [4.78, 5) is 11.8. The smallest absolute Gasteiger partial charge is 0.164 e. The van der Waals surface area contributed by atoms with Gasteiger partial charge >= 0.3 is 0 Å². The fourth-order valence-corrected chi connectivity index (χ4v) is 2.93. The highest BCUT2D eigenvalue weighted by Crippen LogP contribution is 2.22. The van der Waals surface area contributed by atoms with Crippen molar-refractivity contribution >= 4 is 5.78 Å². The molecule has 3 rings (SSSR count). The number of carbonyl (C=O) groups is 1. The van der Waals surface area contributed by atoms with Gasteiger partial charge in [-0.05, 0) is 43.4 Å². The van der Waals surface area contributed by atoms with E-state index in [1.165, 1.54) is 16.8 Å². The van der Waals surface area contributed by atoms with E-state index in [1.807, 2.05) is 6.07 Å². The summed E-state index contributed by atoms with van der Waals surface area (Å²) in [5, 5.41) is 0. The molecular formula is C17H19NO. The van der Waals surface area contributed by atoms with Crippen molar-refractivity contribution in [3.63, 3.8) is 0 Å². The van der Waals surface area contributed by atoms with Crippen molar-refractivity contribution in [1.29, 1.82) is 0 Å². The summed E-state index contributed by atoms with van der Waals surface area (Å²) < 4.78 is 2.26. The number of benzene rings is 1. The third-order valence-electron chi connectivity index (χ3n) is 4.08. The first-order chi connectivity index (χ1) is 9.25. The van der Waals surface area contributed by atoms with Crippen molar-refractivity contribution in [3.8, 4) is 0 Å². The van der Waals surface area contributed by atoms with Crippen molar-refractivity contribution in [2.75, 3.05) is 0 Å². The first-order valence-corrected chi connectivity index (χ1v) is 7.01. The lowest BCUT2D eigenvalue weighted by molar-refractivity contribution is 0.0972. The van der Waals surface area contributed by atoms with Crippen LogP contribution in [-0.2, 0) is 19.4 Å². The molecular weight excluding hydrogens is 234 g/mol. The van der Waals surface area contributed by atoms with Gasteiger partial charge in [0.1, 0.15) is 0 Å². The van der Waals surface area contributed by atoms with Crippen molar-refractivity contribution in [3.05, 3.63) is 58.9 Å². The Hall–Kier alpha value is -1.83. The van der Waals surface area contributed by atoms with E-state index < -0.39 is 0 Å². The van der Waals surface area contributed by atoms with Crippen LogP contribution in [0.4, 0.5) is 0 Å². The second kappa shape index (κ2) is 5.04. The van der Waals surface area contributed by atoms with Crippen LogP contribution in [0.2, 0.25) is 0 Å².